The number of nitrogens with zero attached hydrogens (tertiary/aromatic N) is 3. The smallest absolute Gasteiger partial charge is 0.245 e. The first-order valence-corrected chi connectivity index (χ1v) is 5.68. The van der Waals surface area contributed by atoms with Crippen LogP contribution in [0.1, 0.15) is 19.4 Å². The monoisotopic (exact) mass is 245 g/mol. The lowest BCUT2D eigenvalue weighted by molar-refractivity contribution is -0.126. The number of anilines is 2. The first kappa shape index (κ1) is 12.2. The highest BCUT2D eigenvalue weighted by molar-refractivity contribution is 5.90. The highest BCUT2D eigenvalue weighted by Crippen LogP contribution is 2.27. The summed E-state index contributed by atoms with van der Waals surface area (Å²) in [4.78, 5) is 17.9. The van der Waals surface area contributed by atoms with E-state index in [2.05, 4.69) is 16.4 Å². The molecular formula is C12H15N5O. The Bertz CT molecular complexity index is 532. The van der Waals surface area contributed by atoms with Gasteiger partial charge >= 0.3 is 0 Å². The van der Waals surface area contributed by atoms with Crippen LogP contribution < -0.4 is 16.0 Å². The lowest BCUT2D eigenvalue weighted by Crippen LogP contribution is -2.62. The zero-order valence-corrected chi connectivity index (χ0v) is 10.4. The number of nitrogens with two attached hydrogens (primary N) is 1. The number of carbonyl (C=O) groups excluding carboxylic acids is 1. The van der Waals surface area contributed by atoms with Crippen molar-refractivity contribution in [1.29, 1.82) is 5.26 Å². The van der Waals surface area contributed by atoms with Crippen molar-refractivity contribution in [2.75, 3.05) is 23.7 Å². The lowest BCUT2D eigenvalue weighted by Gasteiger charge is -2.42. The van der Waals surface area contributed by atoms with Crippen LogP contribution in [0.2, 0.25) is 0 Å². The molecule has 1 aromatic rings. The summed E-state index contributed by atoms with van der Waals surface area (Å²) in [5.74, 6) is 0.433. The normalized spacial score (nSPS) is 18.1. The number of aromatic nitrogens is 1. The Hall–Kier alpha value is -2.29. The summed E-state index contributed by atoms with van der Waals surface area (Å²) in [5.41, 5.74) is 5.71. The summed E-state index contributed by atoms with van der Waals surface area (Å²) in [6, 6.07) is 3.64. The Kier molecular flexibility index (Phi) is 2.83. The first-order valence-electron chi connectivity index (χ1n) is 5.68. The lowest BCUT2D eigenvalue weighted by atomic mass is 9.98. The quantitative estimate of drug-likeness (QED) is 0.739. The van der Waals surface area contributed by atoms with E-state index in [0.717, 1.165) is 0 Å². The van der Waals surface area contributed by atoms with E-state index in [0.29, 0.717) is 30.2 Å². The summed E-state index contributed by atoms with van der Waals surface area (Å²) >= 11 is 0. The molecule has 1 fully saturated rings. The number of pyridine rings is 1. The minimum atomic E-state index is -0.729. The number of hydrogen-bond acceptors (Lipinski definition) is 5. The predicted octanol–water partition coefficient (Wildman–Crippen LogP) is 0.250. The van der Waals surface area contributed by atoms with Crippen molar-refractivity contribution in [2.45, 2.75) is 19.4 Å². The molecule has 1 aliphatic rings. The molecule has 6 nitrogen and oxygen atoms in total. The molecule has 2 heterocycles. The van der Waals surface area contributed by atoms with Crippen molar-refractivity contribution in [3.63, 3.8) is 0 Å². The molecule has 0 saturated carbocycles. The first-order chi connectivity index (χ1) is 8.46. The van der Waals surface area contributed by atoms with Crippen LogP contribution in [0.5, 0.6) is 0 Å². The topological polar surface area (TPSA) is 95.0 Å². The summed E-state index contributed by atoms with van der Waals surface area (Å²) in [6.45, 7) is 4.77. The molecule has 18 heavy (non-hydrogen) atoms. The van der Waals surface area contributed by atoms with E-state index < -0.39 is 5.54 Å². The van der Waals surface area contributed by atoms with Crippen molar-refractivity contribution in [3.8, 4) is 6.07 Å². The molecule has 0 unspecified atom stereocenters. The average Bonchev–Trinajstić information content (AvgIpc) is 2.33. The molecule has 0 radical (unpaired) electrons. The number of amides is 1. The Balaban J connectivity index is 2.48. The van der Waals surface area contributed by atoms with Gasteiger partial charge in [-0.2, -0.15) is 5.26 Å². The Morgan fingerprint density at radius 1 is 1.61 bits per heavy atom. The molecule has 94 valence electrons. The SMILES string of the molecule is CC1(C)C(=O)NCCN1c1ncc(N)cc1C#N. The van der Waals surface area contributed by atoms with Crippen molar-refractivity contribution >= 4 is 17.4 Å². The summed E-state index contributed by atoms with van der Waals surface area (Å²) in [7, 11) is 0. The minimum Gasteiger partial charge on any atom is -0.397 e. The van der Waals surface area contributed by atoms with Gasteiger partial charge in [0.15, 0.2) is 0 Å². The zero-order valence-electron chi connectivity index (χ0n) is 10.4. The molecular weight excluding hydrogens is 230 g/mol. The molecule has 0 spiro atoms. The molecule has 2 rings (SSSR count). The second-order valence-electron chi connectivity index (χ2n) is 4.72. The van der Waals surface area contributed by atoms with Crippen LogP contribution in [0.25, 0.3) is 0 Å². The molecule has 0 aromatic carbocycles. The fourth-order valence-electron chi connectivity index (χ4n) is 2.04. The van der Waals surface area contributed by atoms with Gasteiger partial charge in [-0.15, -0.1) is 0 Å². The van der Waals surface area contributed by atoms with E-state index in [1.165, 1.54) is 6.20 Å². The molecule has 0 bridgehead atoms. The summed E-state index contributed by atoms with van der Waals surface area (Å²) < 4.78 is 0. The fourth-order valence-corrected chi connectivity index (χ4v) is 2.04. The van der Waals surface area contributed by atoms with E-state index in [4.69, 9.17) is 11.0 Å². The molecule has 1 amide bonds. The number of nitriles is 1. The summed E-state index contributed by atoms with van der Waals surface area (Å²) in [6.07, 6.45) is 1.50. The van der Waals surface area contributed by atoms with Gasteiger partial charge in [-0.05, 0) is 19.9 Å². The van der Waals surface area contributed by atoms with Crippen LogP contribution >= 0.6 is 0 Å². The molecule has 6 heteroatoms. The van der Waals surface area contributed by atoms with E-state index in [-0.39, 0.29) is 5.91 Å². The second kappa shape index (κ2) is 4.18. The standard InChI is InChI=1S/C12H15N5O/c1-12(2)11(18)15-3-4-17(12)10-8(6-13)5-9(14)7-16-10/h5,7H,3-4,14H2,1-2H3,(H,15,18). The van der Waals surface area contributed by atoms with Crippen LogP contribution in [0.15, 0.2) is 12.3 Å². The highest BCUT2D eigenvalue weighted by Gasteiger charge is 2.39. The molecule has 3 N–H and O–H groups in total. The van der Waals surface area contributed by atoms with E-state index in [1.54, 1.807) is 19.9 Å². The van der Waals surface area contributed by atoms with Gasteiger partial charge in [0.2, 0.25) is 5.91 Å². The molecule has 1 aliphatic heterocycles. The van der Waals surface area contributed by atoms with Gasteiger partial charge < -0.3 is 16.0 Å². The maximum atomic E-state index is 11.9. The number of rotatable bonds is 1. The third kappa shape index (κ3) is 1.84. The predicted molar refractivity (Wildman–Crippen MR) is 67.8 cm³/mol. The maximum Gasteiger partial charge on any atom is 0.245 e. The molecule has 0 atom stereocenters. The Morgan fingerprint density at radius 2 is 2.33 bits per heavy atom. The number of carbonyl (C=O) groups is 1. The second-order valence-corrected chi connectivity index (χ2v) is 4.72. The third-order valence-corrected chi connectivity index (χ3v) is 3.12. The fraction of sp³-hybridized carbons (Fsp3) is 0.417. The highest BCUT2D eigenvalue weighted by atomic mass is 16.2. The minimum absolute atomic E-state index is 0.0729. The largest absolute Gasteiger partial charge is 0.397 e. The van der Waals surface area contributed by atoms with Gasteiger partial charge in [0.1, 0.15) is 17.4 Å². The Morgan fingerprint density at radius 3 is 3.00 bits per heavy atom. The molecule has 1 saturated heterocycles. The van der Waals surface area contributed by atoms with E-state index >= 15 is 0 Å². The van der Waals surface area contributed by atoms with Crippen molar-refractivity contribution in [1.82, 2.24) is 10.3 Å². The summed E-state index contributed by atoms with van der Waals surface area (Å²) in [5, 5.41) is 11.9. The average molecular weight is 245 g/mol. The van der Waals surface area contributed by atoms with E-state index in [9.17, 15) is 4.79 Å². The van der Waals surface area contributed by atoms with E-state index in [1.807, 2.05) is 4.90 Å². The van der Waals surface area contributed by atoms with Gasteiger partial charge in [0.25, 0.3) is 0 Å². The van der Waals surface area contributed by atoms with Crippen LogP contribution in [0.3, 0.4) is 0 Å². The van der Waals surface area contributed by atoms with Crippen molar-refractivity contribution in [3.05, 3.63) is 17.8 Å². The van der Waals surface area contributed by atoms with Crippen LogP contribution in [0, 0.1) is 11.3 Å². The van der Waals surface area contributed by atoms with Crippen molar-refractivity contribution in [2.24, 2.45) is 0 Å². The number of piperazine rings is 1. The van der Waals surface area contributed by atoms with Gasteiger partial charge in [-0.1, -0.05) is 0 Å². The molecule has 0 aliphatic carbocycles. The van der Waals surface area contributed by atoms with Crippen molar-refractivity contribution < 1.29 is 4.79 Å². The van der Waals surface area contributed by atoms with Crippen LogP contribution in [-0.2, 0) is 4.79 Å². The van der Waals surface area contributed by atoms with Gasteiger partial charge in [-0.25, -0.2) is 4.98 Å². The number of hydrogen-bond donors (Lipinski definition) is 2. The van der Waals surface area contributed by atoms with Gasteiger partial charge in [0.05, 0.1) is 17.4 Å². The van der Waals surface area contributed by atoms with Gasteiger partial charge in [-0.3, -0.25) is 4.79 Å². The maximum absolute atomic E-state index is 11.9. The molecule has 1 aromatic heterocycles. The van der Waals surface area contributed by atoms with Crippen LogP contribution in [-0.4, -0.2) is 29.5 Å². The van der Waals surface area contributed by atoms with Gasteiger partial charge in [0, 0.05) is 13.1 Å². The number of nitrogen functional groups attached to an aromatic ring is 1. The zero-order chi connectivity index (χ0) is 13.3. The Labute approximate surface area is 105 Å². The third-order valence-electron chi connectivity index (χ3n) is 3.12. The number of nitrogens with one attached hydrogen (secondary N) is 1. The van der Waals surface area contributed by atoms with Crippen LogP contribution in [0.4, 0.5) is 11.5 Å².